The summed E-state index contributed by atoms with van der Waals surface area (Å²) in [5.41, 5.74) is 0.291. The third-order valence-corrected chi connectivity index (χ3v) is 5.75. The number of unbranched alkanes of at least 4 members (excludes halogenated alkanes) is 1. The van der Waals surface area contributed by atoms with E-state index < -0.39 is 10.8 Å². The minimum Gasteiger partial charge on any atom is -0.315 e. The molecule has 3 atom stereocenters. The SMILES string of the molecule is CCCCS(=O)C1CCCC(C)(C)C1NC. The van der Waals surface area contributed by atoms with Crippen LogP contribution in [0.5, 0.6) is 0 Å². The minimum atomic E-state index is -0.645. The highest BCUT2D eigenvalue weighted by Crippen LogP contribution is 2.37. The first-order chi connectivity index (χ1) is 7.53. The van der Waals surface area contributed by atoms with Gasteiger partial charge in [-0.1, -0.05) is 33.6 Å². The minimum absolute atomic E-state index is 0.291. The van der Waals surface area contributed by atoms with Crippen molar-refractivity contribution in [2.24, 2.45) is 5.41 Å². The highest BCUT2D eigenvalue weighted by atomic mass is 32.2. The van der Waals surface area contributed by atoms with E-state index in [9.17, 15) is 4.21 Å². The van der Waals surface area contributed by atoms with Gasteiger partial charge in [0.1, 0.15) is 0 Å². The summed E-state index contributed by atoms with van der Waals surface area (Å²) in [4.78, 5) is 0. The zero-order valence-corrected chi connectivity index (χ0v) is 12.0. The van der Waals surface area contributed by atoms with E-state index in [1.54, 1.807) is 0 Å². The third-order valence-electron chi connectivity index (χ3n) is 3.87. The third kappa shape index (κ3) is 3.30. The standard InChI is InChI=1S/C13H27NOS/c1-5-6-10-16(15)11-8-7-9-13(2,3)12(11)14-4/h11-12,14H,5-10H2,1-4H3. The van der Waals surface area contributed by atoms with Crippen LogP contribution in [0.1, 0.15) is 52.9 Å². The van der Waals surface area contributed by atoms with Crippen LogP contribution >= 0.6 is 0 Å². The molecule has 1 fully saturated rings. The Balaban J connectivity index is 2.66. The van der Waals surface area contributed by atoms with Crippen LogP contribution in [0.2, 0.25) is 0 Å². The monoisotopic (exact) mass is 245 g/mol. The Morgan fingerprint density at radius 1 is 1.44 bits per heavy atom. The van der Waals surface area contributed by atoms with Crippen LogP contribution in [0.3, 0.4) is 0 Å². The maximum absolute atomic E-state index is 12.3. The zero-order valence-electron chi connectivity index (χ0n) is 11.2. The predicted octanol–water partition coefficient (Wildman–Crippen LogP) is 2.70. The topological polar surface area (TPSA) is 29.1 Å². The van der Waals surface area contributed by atoms with E-state index >= 15 is 0 Å². The molecule has 1 saturated carbocycles. The maximum atomic E-state index is 12.3. The largest absolute Gasteiger partial charge is 0.315 e. The second kappa shape index (κ2) is 6.15. The molecule has 1 aliphatic rings. The molecule has 1 N–H and O–H groups in total. The van der Waals surface area contributed by atoms with Gasteiger partial charge >= 0.3 is 0 Å². The van der Waals surface area contributed by atoms with Crippen molar-refractivity contribution in [2.75, 3.05) is 12.8 Å². The summed E-state index contributed by atoms with van der Waals surface area (Å²) in [5, 5.41) is 3.77. The summed E-state index contributed by atoms with van der Waals surface area (Å²) in [6.45, 7) is 6.77. The van der Waals surface area contributed by atoms with Gasteiger partial charge in [0.2, 0.25) is 0 Å². The summed E-state index contributed by atoms with van der Waals surface area (Å²) in [6, 6.07) is 0.416. The maximum Gasteiger partial charge on any atom is 0.0506 e. The van der Waals surface area contributed by atoms with Crippen LogP contribution in [0, 0.1) is 5.41 Å². The molecule has 0 spiro atoms. The van der Waals surface area contributed by atoms with E-state index in [0.29, 0.717) is 16.7 Å². The zero-order chi connectivity index (χ0) is 12.2. The fourth-order valence-corrected chi connectivity index (χ4v) is 5.00. The highest BCUT2D eigenvalue weighted by molar-refractivity contribution is 7.85. The van der Waals surface area contributed by atoms with Crippen molar-refractivity contribution in [1.82, 2.24) is 5.32 Å². The Morgan fingerprint density at radius 3 is 2.69 bits per heavy atom. The van der Waals surface area contributed by atoms with Crippen LogP contribution in [-0.4, -0.2) is 28.3 Å². The number of rotatable bonds is 5. The van der Waals surface area contributed by atoms with Crippen LogP contribution in [0.15, 0.2) is 0 Å². The molecule has 1 rings (SSSR count). The molecule has 0 aromatic carbocycles. The predicted molar refractivity (Wildman–Crippen MR) is 72.2 cm³/mol. The quantitative estimate of drug-likeness (QED) is 0.807. The van der Waals surface area contributed by atoms with Crippen LogP contribution < -0.4 is 5.32 Å². The number of hydrogen-bond acceptors (Lipinski definition) is 2. The Hall–Kier alpha value is 0.110. The Kier molecular flexibility index (Phi) is 5.45. The van der Waals surface area contributed by atoms with E-state index in [1.165, 1.54) is 12.8 Å². The van der Waals surface area contributed by atoms with Crippen molar-refractivity contribution in [3.05, 3.63) is 0 Å². The first-order valence-electron chi connectivity index (χ1n) is 6.57. The van der Waals surface area contributed by atoms with E-state index in [-0.39, 0.29) is 0 Å². The average molecular weight is 245 g/mol. The Morgan fingerprint density at radius 2 is 2.12 bits per heavy atom. The highest BCUT2D eigenvalue weighted by Gasteiger charge is 2.40. The van der Waals surface area contributed by atoms with Gasteiger partial charge in [0.25, 0.3) is 0 Å². The van der Waals surface area contributed by atoms with E-state index in [1.807, 2.05) is 7.05 Å². The summed E-state index contributed by atoms with van der Waals surface area (Å²) in [5.74, 6) is 0.884. The van der Waals surface area contributed by atoms with Crippen molar-refractivity contribution in [1.29, 1.82) is 0 Å². The lowest BCUT2D eigenvalue weighted by atomic mass is 9.73. The van der Waals surface area contributed by atoms with Gasteiger partial charge in [-0.15, -0.1) is 0 Å². The summed E-state index contributed by atoms with van der Waals surface area (Å²) in [7, 11) is 1.37. The molecule has 16 heavy (non-hydrogen) atoms. The van der Waals surface area contributed by atoms with Crippen molar-refractivity contribution in [2.45, 2.75) is 64.2 Å². The molecular weight excluding hydrogens is 218 g/mol. The molecule has 0 heterocycles. The normalized spacial score (nSPS) is 31.2. The van der Waals surface area contributed by atoms with Gasteiger partial charge in [-0.05, 0) is 31.7 Å². The molecule has 0 aliphatic heterocycles. The van der Waals surface area contributed by atoms with Crippen molar-refractivity contribution in [3.63, 3.8) is 0 Å². The smallest absolute Gasteiger partial charge is 0.0506 e. The van der Waals surface area contributed by atoms with Crippen molar-refractivity contribution in [3.8, 4) is 0 Å². The number of hydrogen-bond donors (Lipinski definition) is 1. The molecule has 3 heteroatoms. The molecule has 0 saturated heterocycles. The fourth-order valence-electron chi connectivity index (χ4n) is 2.88. The molecule has 0 bridgehead atoms. The van der Waals surface area contributed by atoms with E-state index in [4.69, 9.17) is 0 Å². The van der Waals surface area contributed by atoms with Gasteiger partial charge in [-0.25, -0.2) is 0 Å². The molecule has 1 aliphatic carbocycles. The van der Waals surface area contributed by atoms with Crippen molar-refractivity contribution < 1.29 is 4.21 Å². The number of nitrogens with one attached hydrogen (secondary N) is 1. The summed E-state index contributed by atoms with van der Waals surface area (Å²) >= 11 is 0. The van der Waals surface area contributed by atoms with Gasteiger partial charge in [-0.2, -0.15) is 0 Å². The van der Waals surface area contributed by atoms with Gasteiger partial charge in [0.05, 0.1) is 5.25 Å². The molecule has 3 unspecified atom stereocenters. The molecule has 0 amide bonds. The molecule has 0 aromatic rings. The van der Waals surface area contributed by atoms with Gasteiger partial charge < -0.3 is 5.32 Å². The van der Waals surface area contributed by atoms with E-state index in [2.05, 4.69) is 26.1 Å². The second-order valence-electron chi connectivity index (χ2n) is 5.62. The Bertz CT molecular complexity index is 240. The van der Waals surface area contributed by atoms with Gasteiger partial charge in [0.15, 0.2) is 0 Å². The van der Waals surface area contributed by atoms with Gasteiger partial charge in [0, 0.05) is 22.6 Å². The van der Waals surface area contributed by atoms with Crippen LogP contribution in [-0.2, 0) is 10.8 Å². The molecule has 2 nitrogen and oxygen atoms in total. The lowest BCUT2D eigenvalue weighted by Gasteiger charge is -2.43. The second-order valence-corrected chi connectivity index (χ2v) is 7.40. The lowest BCUT2D eigenvalue weighted by molar-refractivity contribution is 0.180. The molecule has 0 aromatic heterocycles. The summed E-state index contributed by atoms with van der Waals surface area (Å²) < 4.78 is 12.3. The molecular formula is C13H27NOS. The summed E-state index contributed by atoms with van der Waals surface area (Å²) in [6.07, 6.45) is 5.85. The van der Waals surface area contributed by atoms with Crippen LogP contribution in [0.25, 0.3) is 0 Å². The van der Waals surface area contributed by atoms with Gasteiger partial charge in [-0.3, -0.25) is 4.21 Å². The molecule has 96 valence electrons. The lowest BCUT2D eigenvalue weighted by Crippen LogP contribution is -2.53. The fraction of sp³-hybridized carbons (Fsp3) is 1.00. The average Bonchev–Trinajstić information content (AvgIpc) is 2.24. The van der Waals surface area contributed by atoms with Crippen LogP contribution in [0.4, 0.5) is 0 Å². The first kappa shape index (κ1) is 14.2. The Labute approximate surface area is 103 Å². The first-order valence-corrected chi connectivity index (χ1v) is 7.95. The van der Waals surface area contributed by atoms with E-state index in [0.717, 1.165) is 25.0 Å². The van der Waals surface area contributed by atoms with Crippen molar-refractivity contribution >= 4 is 10.8 Å². The molecule has 0 radical (unpaired) electrons.